The molecule has 0 aliphatic rings. The lowest BCUT2D eigenvalue weighted by Gasteiger charge is -2.03. The normalized spacial score (nSPS) is 10.6. The van der Waals surface area contributed by atoms with Gasteiger partial charge in [-0.15, -0.1) is 11.3 Å². The second kappa shape index (κ2) is 5.81. The molecule has 0 aliphatic carbocycles. The van der Waals surface area contributed by atoms with E-state index in [-0.39, 0.29) is 0 Å². The first-order valence-electron chi connectivity index (χ1n) is 5.53. The zero-order valence-corrected chi connectivity index (χ0v) is 11.0. The Balaban J connectivity index is 2.26. The van der Waals surface area contributed by atoms with Crippen LogP contribution < -0.4 is 5.32 Å². The van der Waals surface area contributed by atoms with Gasteiger partial charge in [-0.3, -0.25) is 0 Å². The summed E-state index contributed by atoms with van der Waals surface area (Å²) in [4.78, 5) is 4.26. The van der Waals surface area contributed by atoms with E-state index >= 15 is 0 Å². The minimum absolute atomic E-state index is 0.450. The molecule has 5 heteroatoms. The summed E-state index contributed by atoms with van der Waals surface area (Å²) in [5.41, 5.74) is 2.54. The van der Waals surface area contributed by atoms with Gasteiger partial charge in [0.25, 0.3) is 0 Å². The Morgan fingerprint density at radius 3 is 2.79 bits per heavy atom. The third kappa shape index (κ3) is 2.98. The van der Waals surface area contributed by atoms with Crippen molar-refractivity contribution >= 4 is 22.6 Å². The van der Waals surface area contributed by atoms with E-state index < -0.39 is 0 Å². The number of anilines is 1. The highest BCUT2D eigenvalue weighted by Gasteiger charge is 2.05. The van der Waals surface area contributed by atoms with Crippen LogP contribution in [0.4, 0.5) is 5.69 Å². The van der Waals surface area contributed by atoms with Crippen LogP contribution in [0, 0.1) is 29.6 Å². The topological polar surface area (TPSA) is 72.5 Å². The molecule has 0 bridgehead atoms. The molecular formula is C14H10N4S. The second-order valence-electron chi connectivity index (χ2n) is 3.77. The van der Waals surface area contributed by atoms with Gasteiger partial charge in [0.05, 0.1) is 11.3 Å². The maximum absolute atomic E-state index is 9.14. The number of allylic oxidation sites excluding steroid dienone is 1. The van der Waals surface area contributed by atoms with Crippen molar-refractivity contribution in [2.75, 3.05) is 5.32 Å². The molecule has 0 atom stereocenters. The quantitative estimate of drug-likeness (QED) is 0.865. The fraction of sp³-hybridized carbons (Fsp3) is 0.0714. The van der Waals surface area contributed by atoms with Crippen molar-refractivity contribution < 1.29 is 0 Å². The number of benzene rings is 1. The van der Waals surface area contributed by atoms with Crippen LogP contribution >= 0.6 is 11.3 Å². The van der Waals surface area contributed by atoms with E-state index in [2.05, 4.69) is 22.4 Å². The molecule has 0 saturated carbocycles. The average molecular weight is 266 g/mol. The number of hydrogen-bond donors (Lipinski definition) is 1. The number of nitrogens with one attached hydrogen (secondary N) is 1. The van der Waals surface area contributed by atoms with Gasteiger partial charge in [0.2, 0.25) is 0 Å². The van der Waals surface area contributed by atoms with Crippen LogP contribution in [0.3, 0.4) is 0 Å². The predicted octanol–water partition coefficient (Wildman–Crippen LogP) is 3.30. The molecular weight excluding hydrogens is 256 g/mol. The first-order valence-corrected chi connectivity index (χ1v) is 6.41. The smallest absolute Gasteiger partial charge is 0.135 e. The third-order valence-electron chi connectivity index (χ3n) is 2.39. The van der Waals surface area contributed by atoms with Gasteiger partial charge in [0.1, 0.15) is 22.7 Å². The van der Waals surface area contributed by atoms with Crippen molar-refractivity contribution in [2.24, 2.45) is 0 Å². The van der Waals surface area contributed by atoms with E-state index in [1.165, 1.54) is 11.3 Å². The van der Waals surface area contributed by atoms with Crippen molar-refractivity contribution in [2.45, 2.75) is 6.92 Å². The van der Waals surface area contributed by atoms with Crippen LogP contribution in [0.15, 0.2) is 35.8 Å². The number of aromatic nitrogens is 1. The van der Waals surface area contributed by atoms with Crippen molar-refractivity contribution in [3.63, 3.8) is 0 Å². The molecule has 0 radical (unpaired) electrons. The molecule has 92 valence electrons. The van der Waals surface area contributed by atoms with Crippen molar-refractivity contribution in [3.8, 4) is 12.1 Å². The highest BCUT2D eigenvalue weighted by atomic mass is 32.1. The van der Waals surface area contributed by atoms with Gasteiger partial charge in [-0.25, -0.2) is 4.98 Å². The number of thiazole rings is 1. The maximum Gasteiger partial charge on any atom is 0.135 e. The molecule has 1 N–H and O–H groups in total. The van der Waals surface area contributed by atoms with Crippen LogP contribution in [0.2, 0.25) is 0 Å². The fourth-order valence-corrected chi connectivity index (χ4v) is 2.24. The molecule has 0 amide bonds. The summed E-state index contributed by atoms with van der Waals surface area (Å²) in [6.45, 7) is 1.88. The molecule has 1 heterocycles. The summed E-state index contributed by atoms with van der Waals surface area (Å²) in [5, 5.41) is 23.7. The minimum atomic E-state index is 0.450. The summed E-state index contributed by atoms with van der Waals surface area (Å²) in [5.74, 6) is 0. The SMILES string of the molecule is Cc1csc(/C(C#N)=C/Nc2ccccc2C#N)n1. The Bertz CT molecular complexity index is 701. The number of hydrogen-bond acceptors (Lipinski definition) is 5. The number of aryl methyl sites for hydroxylation is 1. The Hall–Kier alpha value is -2.63. The van der Waals surface area contributed by atoms with Gasteiger partial charge in [0, 0.05) is 17.3 Å². The van der Waals surface area contributed by atoms with Crippen molar-refractivity contribution in [1.82, 2.24) is 4.98 Å². The largest absolute Gasteiger partial charge is 0.359 e. The summed E-state index contributed by atoms with van der Waals surface area (Å²) in [7, 11) is 0. The summed E-state index contributed by atoms with van der Waals surface area (Å²) < 4.78 is 0. The maximum atomic E-state index is 9.14. The minimum Gasteiger partial charge on any atom is -0.359 e. The van der Waals surface area contributed by atoms with Gasteiger partial charge in [-0.1, -0.05) is 12.1 Å². The van der Waals surface area contributed by atoms with Crippen LogP contribution in [-0.2, 0) is 0 Å². The first kappa shape index (κ1) is 12.8. The molecule has 0 saturated heterocycles. The predicted molar refractivity (Wildman–Crippen MR) is 75.2 cm³/mol. The molecule has 19 heavy (non-hydrogen) atoms. The molecule has 2 aromatic rings. The molecule has 2 rings (SSSR count). The zero-order chi connectivity index (χ0) is 13.7. The van der Waals surface area contributed by atoms with Gasteiger partial charge in [-0.2, -0.15) is 10.5 Å². The highest BCUT2D eigenvalue weighted by molar-refractivity contribution is 7.10. The van der Waals surface area contributed by atoms with Gasteiger partial charge in [0.15, 0.2) is 0 Å². The van der Waals surface area contributed by atoms with Crippen LogP contribution in [-0.4, -0.2) is 4.98 Å². The zero-order valence-electron chi connectivity index (χ0n) is 10.2. The van der Waals surface area contributed by atoms with E-state index in [4.69, 9.17) is 10.5 Å². The van der Waals surface area contributed by atoms with Crippen LogP contribution in [0.25, 0.3) is 5.57 Å². The van der Waals surface area contributed by atoms with Crippen molar-refractivity contribution in [3.05, 3.63) is 52.1 Å². The Kier molecular flexibility index (Phi) is 3.92. The van der Waals surface area contributed by atoms with E-state index in [0.29, 0.717) is 21.8 Å². The van der Waals surface area contributed by atoms with Gasteiger partial charge in [-0.05, 0) is 19.1 Å². The number of rotatable bonds is 3. The monoisotopic (exact) mass is 266 g/mol. The summed E-state index contributed by atoms with van der Waals surface area (Å²) in [6, 6.07) is 11.3. The molecule has 4 nitrogen and oxygen atoms in total. The third-order valence-corrected chi connectivity index (χ3v) is 3.38. The Morgan fingerprint density at radius 1 is 1.37 bits per heavy atom. The first-order chi connectivity index (χ1) is 9.24. The fourth-order valence-electron chi connectivity index (χ4n) is 1.48. The lowest BCUT2D eigenvalue weighted by Crippen LogP contribution is -1.93. The number of nitrogens with zero attached hydrogens (tertiary/aromatic N) is 3. The van der Waals surface area contributed by atoms with E-state index in [1.54, 1.807) is 24.4 Å². The summed E-state index contributed by atoms with van der Waals surface area (Å²) >= 11 is 1.42. The van der Waals surface area contributed by atoms with E-state index in [0.717, 1.165) is 5.69 Å². The molecule has 1 aromatic heterocycles. The standard InChI is InChI=1S/C14H10N4S/c1-10-9-19-14(18-10)12(7-16)8-17-13-5-3-2-4-11(13)6-15/h2-5,8-9,17H,1H3/b12-8+. The number of nitriles is 2. The Morgan fingerprint density at radius 2 is 2.16 bits per heavy atom. The van der Waals surface area contributed by atoms with Crippen LogP contribution in [0.1, 0.15) is 16.3 Å². The summed E-state index contributed by atoms with van der Waals surface area (Å²) in [6.07, 6.45) is 1.58. The molecule has 0 aliphatic heterocycles. The lowest BCUT2D eigenvalue weighted by molar-refractivity contribution is 1.24. The van der Waals surface area contributed by atoms with Crippen molar-refractivity contribution in [1.29, 1.82) is 10.5 Å². The second-order valence-corrected chi connectivity index (χ2v) is 4.62. The molecule has 0 unspecified atom stereocenters. The molecule has 1 aromatic carbocycles. The van der Waals surface area contributed by atoms with Gasteiger partial charge < -0.3 is 5.32 Å². The molecule has 0 spiro atoms. The average Bonchev–Trinajstić information content (AvgIpc) is 2.86. The van der Waals surface area contributed by atoms with Gasteiger partial charge >= 0.3 is 0 Å². The van der Waals surface area contributed by atoms with E-state index in [1.807, 2.05) is 18.4 Å². The number of para-hydroxylation sites is 1. The Labute approximate surface area is 115 Å². The lowest BCUT2D eigenvalue weighted by atomic mass is 10.2. The van der Waals surface area contributed by atoms with E-state index in [9.17, 15) is 0 Å². The molecule has 0 fully saturated rings. The highest BCUT2D eigenvalue weighted by Crippen LogP contribution is 2.20. The van der Waals surface area contributed by atoms with Crippen LogP contribution in [0.5, 0.6) is 0 Å².